The summed E-state index contributed by atoms with van der Waals surface area (Å²) in [6.07, 6.45) is 0. The van der Waals surface area contributed by atoms with Gasteiger partial charge in [0.2, 0.25) is 11.8 Å². The maximum Gasteiger partial charge on any atom is 0.296 e. The largest absolute Gasteiger partial charge is 0.496 e. The Hall–Kier alpha value is -4.59. The Morgan fingerprint density at radius 1 is 0.824 bits per heavy atom. The van der Waals surface area contributed by atoms with E-state index in [0.717, 1.165) is 11.1 Å². The fourth-order valence-electron chi connectivity index (χ4n) is 3.21. The van der Waals surface area contributed by atoms with Gasteiger partial charge in [-0.15, -0.1) is 0 Å². The summed E-state index contributed by atoms with van der Waals surface area (Å²) in [7, 11) is 1.46. The van der Waals surface area contributed by atoms with Crippen LogP contribution in [-0.4, -0.2) is 17.0 Å². The highest BCUT2D eigenvalue weighted by atomic mass is 16.6. The number of benzene rings is 3. The van der Waals surface area contributed by atoms with Gasteiger partial charge in [0.1, 0.15) is 30.3 Å². The third-order valence-corrected chi connectivity index (χ3v) is 4.95. The lowest BCUT2D eigenvalue weighted by atomic mass is 10.2. The predicted molar refractivity (Wildman–Crippen MR) is 129 cm³/mol. The molecule has 3 aromatic carbocycles. The fraction of sp³-hybridized carbons (Fsp3) is 0.115. The zero-order valence-corrected chi connectivity index (χ0v) is 18.5. The van der Waals surface area contributed by atoms with E-state index < -0.39 is 4.92 Å². The molecular weight excluding hydrogens is 434 g/mol. The highest BCUT2D eigenvalue weighted by Crippen LogP contribution is 2.35. The van der Waals surface area contributed by atoms with Crippen molar-refractivity contribution in [2.45, 2.75) is 13.2 Å². The van der Waals surface area contributed by atoms with Gasteiger partial charge in [-0.05, 0) is 29.3 Å². The maximum atomic E-state index is 11.6. The minimum absolute atomic E-state index is 0.127. The molecule has 1 heterocycles. The first kappa shape index (κ1) is 22.6. The van der Waals surface area contributed by atoms with Gasteiger partial charge < -0.3 is 19.5 Å². The van der Waals surface area contributed by atoms with E-state index >= 15 is 0 Å². The van der Waals surface area contributed by atoms with Crippen molar-refractivity contribution in [1.29, 1.82) is 0 Å². The average molecular weight is 457 g/mol. The van der Waals surface area contributed by atoms with E-state index in [1.54, 1.807) is 24.3 Å². The first-order chi connectivity index (χ1) is 16.6. The van der Waals surface area contributed by atoms with Crippen molar-refractivity contribution in [3.63, 3.8) is 0 Å². The molecule has 0 unspecified atom stereocenters. The molecule has 4 rings (SSSR count). The van der Waals surface area contributed by atoms with Crippen LogP contribution in [0, 0.1) is 10.1 Å². The van der Waals surface area contributed by atoms with Crippen LogP contribution in [0.3, 0.4) is 0 Å². The summed E-state index contributed by atoms with van der Waals surface area (Å²) in [5, 5.41) is 14.7. The third-order valence-electron chi connectivity index (χ3n) is 4.95. The van der Waals surface area contributed by atoms with Gasteiger partial charge in [-0.1, -0.05) is 60.7 Å². The number of methoxy groups -OCH3 is 1. The highest BCUT2D eigenvalue weighted by molar-refractivity contribution is 5.73. The lowest BCUT2D eigenvalue weighted by molar-refractivity contribution is -0.384. The summed E-state index contributed by atoms with van der Waals surface area (Å²) in [5.74, 6) is 1.03. The van der Waals surface area contributed by atoms with Crippen LogP contribution in [0.1, 0.15) is 11.1 Å². The second-order valence-electron chi connectivity index (χ2n) is 7.32. The summed E-state index contributed by atoms with van der Waals surface area (Å²) < 4.78 is 16.9. The lowest BCUT2D eigenvalue weighted by Gasteiger charge is -2.15. The van der Waals surface area contributed by atoms with Gasteiger partial charge in [0, 0.05) is 6.07 Å². The van der Waals surface area contributed by atoms with Crippen molar-refractivity contribution in [2.24, 2.45) is 0 Å². The van der Waals surface area contributed by atoms with Crippen molar-refractivity contribution in [1.82, 2.24) is 4.98 Å². The first-order valence-electron chi connectivity index (χ1n) is 10.6. The SMILES string of the molecule is COc1ccc(Nc2ccc(OCc3ccccc3)nc2OCc2ccccc2)c([N+](=O)[O-])c1. The molecule has 172 valence electrons. The Bertz CT molecular complexity index is 1250. The number of hydrogen-bond acceptors (Lipinski definition) is 7. The van der Waals surface area contributed by atoms with Crippen LogP contribution in [0.25, 0.3) is 0 Å². The summed E-state index contributed by atoms with van der Waals surface area (Å²) in [6, 6.07) is 27.4. The molecule has 1 aromatic heterocycles. The molecular formula is C26H23N3O5. The minimum Gasteiger partial charge on any atom is -0.496 e. The van der Waals surface area contributed by atoms with Crippen LogP contribution in [0.5, 0.6) is 17.5 Å². The summed E-state index contributed by atoms with van der Waals surface area (Å²) in [4.78, 5) is 15.6. The second-order valence-corrected chi connectivity index (χ2v) is 7.32. The Labute approximate surface area is 196 Å². The average Bonchev–Trinajstić information content (AvgIpc) is 2.88. The molecule has 0 aliphatic heterocycles. The number of anilines is 2. The van der Waals surface area contributed by atoms with Crippen molar-refractivity contribution in [2.75, 3.05) is 12.4 Å². The van der Waals surface area contributed by atoms with Gasteiger partial charge in [-0.3, -0.25) is 10.1 Å². The molecule has 0 radical (unpaired) electrons. The van der Waals surface area contributed by atoms with Crippen LogP contribution >= 0.6 is 0 Å². The molecule has 0 atom stereocenters. The Balaban J connectivity index is 1.60. The Morgan fingerprint density at radius 3 is 2.06 bits per heavy atom. The molecule has 1 N–H and O–H groups in total. The zero-order valence-electron chi connectivity index (χ0n) is 18.5. The molecule has 0 saturated heterocycles. The quantitative estimate of drug-likeness (QED) is 0.234. The fourth-order valence-corrected chi connectivity index (χ4v) is 3.21. The van der Waals surface area contributed by atoms with E-state index in [0.29, 0.717) is 23.9 Å². The van der Waals surface area contributed by atoms with E-state index in [-0.39, 0.29) is 23.9 Å². The van der Waals surface area contributed by atoms with Gasteiger partial charge >= 0.3 is 0 Å². The maximum absolute atomic E-state index is 11.6. The van der Waals surface area contributed by atoms with Crippen molar-refractivity contribution in [3.05, 3.63) is 112 Å². The van der Waals surface area contributed by atoms with Crippen LogP contribution in [-0.2, 0) is 13.2 Å². The smallest absolute Gasteiger partial charge is 0.296 e. The Kier molecular flexibility index (Phi) is 7.19. The number of rotatable bonds is 10. The zero-order chi connectivity index (χ0) is 23.8. The van der Waals surface area contributed by atoms with Gasteiger partial charge in [0.05, 0.1) is 18.1 Å². The van der Waals surface area contributed by atoms with Gasteiger partial charge in [0.15, 0.2) is 0 Å². The third kappa shape index (κ3) is 5.80. The summed E-state index contributed by atoms with van der Waals surface area (Å²) in [5.41, 5.74) is 2.59. The summed E-state index contributed by atoms with van der Waals surface area (Å²) in [6.45, 7) is 0.623. The number of hydrogen-bond donors (Lipinski definition) is 1. The molecule has 0 fully saturated rings. The number of nitro groups is 1. The second kappa shape index (κ2) is 10.8. The summed E-state index contributed by atoms with van der Waals surface area (Å²) >= 11 is 0. The van der Waals surface area contributed by atoms with Gasteiger partial charge in [-0.2, -0.15) is 4.98 Å². The Morgan fingerprint density at radius 2 is 1.44 bits per heavy atom. The molecule has 8 heteroatoms. The highest BCUT2D eigenvalue weighted by Gasteiger charge is 2.18. The monoisotopic (exact) mass is 457 g/mol. The van der Waals surface area contributed by atoms with E-state index in [2.05, 4.69) is 10.3 Å². The molecule has 0 amide bonds. The van der Waals surface area contributed by atoms with Crippen molar-refractivity contribution >= 4 is 17.1 Å². The molecule has 0 saturated carbocycles. The molecule has 0 aliphatic rings. The number of aromatic nitrogens is 1. The molecule has 0 spiro atoms. The number of nitrogens with zero attached hydrogens (tertiary/aromatic N) is 2. The van der Waals surface area contributed by atoms with Crippen molar-refractivity contribution in [3.8, 4) is 17.5 Å². The molecule has 34 heavy (non-hydrogen) atoms. The molecule has 4 aromatic rings. The van der Waals surface area contributed by atoms with Gasteiger partial charge in [0.25, 0.3) is 5.69 Å². The van der Waals surface area contributed by atoms with Gasteiger partial charge in [-0.25, -0.2) is 0 Å². The van der Waals surface area contributed by atoms with E-state index in [9.17, 15) is 10.1 Å². The molecule has 0 bridgehead atoms. The number of ether oxygens (including phenoxy) is 3. The minimum atomic E-state index is -0.472. The standard InChI is InChI=1S/C26H23N3O5/c1-32-21-12-13-22(24(16-21)29(30)31)27-23-14-15-25(33-17-19-8-4-2-5-9-19)28-26(23)34-18-20-10-6-3-7-11-20/h2-16,27H,17-18H2,1H3. The lowest BCUT2D eigenvalue weighted by Crippen LogP contribution is -2.05. The topological polar surface area (TPSA) is 95.8 Å². The number of pyridine rings is 1. The van der Waals surface area contributed by atoms with Crippen LogP contribution in [0.2, 0.25) is 0 Å². The van der Waals surface area contributed by atoms with E-state index in [1.165, 1.54) is 13.2 Å². The van der Waals surface area contributed by atoms with Crippen molar-refractivity contribution < 1.29 is 19.1 Å². The van der Waals surface area contributed by atoms with E-state index in [1.807, 2.05) is 60.7 Å². The van der Waals surface area contributed by atoms with Crippen LogP contribution in [0.4, 0.5) is 17.1 Å². The molecule has 8 nitrogen and oxygen atoms in total. The first-order valence-corrected chi connectivity index (χ1v) is 10.6. The normalized spacial score (nSPS) is 10.4. The van der Waals surface area contributed by atoms with Crippen LogP contribution in [0.15, 0.2) is 91.0 Å². The number of nitro benzene ring substituents is 1. The van der Waals surface area contributed by atoms with E-state index in [4.69, 9.17) is 14.2 Å². The van der Waals surface area contributed by atoms with Crippen LogP contribution < -0.4 is 19.5 Å². The number of nitrogens with one attached hydrogen (secondary N) is 1. The predicted octanol–water partition coefficient (Wildman–Crippen LogP) is 5.90. The molecule has 0 aliphatic carbocycles.